The molecule has 0 bridgehead atoms. The highest BCUT2D eigenvalue weighted by Gasteiger charge is 2.05. The average molecular weight is 209 g/mol. The van der Waals surface area contributed by atoms with Crippen LogP contribution in [-0.2, 0) is 16.0 Å². The van der Waals surface area contributed by atoms with Crippen LogP contribution in [0.15, 0.2) is 16.9 Å². The number of H-pyrrole nitrogens is 1. The van der Waals surface area contributed by atoms with Gasteiger partial charge in [-0.15, -0.1) is 0 Å². The molecule has 0 saturated heterocycles. The number of ether oxygens (including phenoxy) is 1. The van der Waals surface area contributed by atoms with Gasteiger partial charge in [0.15, 0.2) is 6.29 Å². The average Bonchev–Trinajstić information content (AvgIpc) is 2.18. The first kappa shape index (κ1) is 11.2. The van der Waals surface area contributed by atoms with E-state index in [4.69, 9.17) is 4.74 Å². The Morgan fingerprint density at radius 2 is 2.27 bits per heavy atom. The van der Waals surface area contributed by atoms with E-state index >= 15 is 0 Å². The van der Waals surface area contributed by atoms with Crippen molar-refractivity contribution >= 4 is 12.3 Å². The van der Waals surface area contributed by atoms with Crippen LogP contribution in [0.4, 0.5) is 0 Å². The number of carbonyl (C=O) groups is 2. The molecule has 1 aromatic heterocycles. The summed E-state index contributed by atoms with van der Waals surface area (Å²) in [6, 6.07) is 2.89. The Kier molecular flexibility index (Phi) is 3.79. The third kappa shape index (κ3) is 3.05. The van der Waals surface area contributed by atoms with Gasteiger partial charge in [0.1, 0.15) is 0 Å². The van der Waals surface area contributed by atoms with Crippen LogP contribution >= 0.6 is 0 Å². The van der Waals surface area contributed by atoms with Crippen LogP contribution in [0, 0.1) is 0 Å². The molecule has 0 atom stereocenters. The van der Waals surface area contributed by atoms with Crippen molar-refractivity contribution in [2.75, 3.05) is 6.61 Å². The van der Waals surface area contributed by atoms with Crippen LogP contribution in [0.25, 0.3) is 0 Å². The smallest absolute Gasteiger partial charge is 0.311 e. The number of nitrogens with one attached hydrogen (secondary N) is 1. The Morgan fingerprint density at radius 3 is 2.80 bits per heavy atom. The third-order valence-electron chi connectivity index (χ3n) is 1.77. The molecule has 1 heterocycles. The fourth-order valence-corrected chi connectivity index (χ4v) is 1.09. The molecule has 0 spiro atoms. The molecule has 0 aliphatic rings. The molecule has 1 rings (SSSR count). The van der Waals surface area contributed by atoms with E-state index in [0.29, 0.717) is 18.6 Å². The molecule has 0 radical (unpaired) electrons. The Hall–Kier alpha value is -1.91. The first-order valence-corrected chi connectivity index (χ1v) is 4.50. The van der Waals surface area contributed by atoms with Crippen LogP contribution in [0.3, 0.4) is 0 Å². The lowest BCUT2D eigenvalue weighted by atomic mass is 10.2. The highest BCUT2D eigenvalue weighted by Crippen LogP contribution is 1.96. The van der Waals surface area contributed by atoms with Gasteiger partial charge in [-0.05, 0) is 19.1 Å². The molecule has 0 aromatic carbocycles. The normalized spacial score (nSPS) is 9.67. The summed E-state index contributed by atoms with van der Waals surface area (Å²) in [5, 5.41) is 0. The summed E-state index contributed by atoms with van der Waals surface area (Å²) in [5.41, 5.74) is -0.0153. The number of hydrogen-bond acceptors (Lipinski definition) is 4. The molecule has 1 N–H and O–H groups in total. The molecule has 1 aromatic rings. The quantitative estimate of drug-likeness (QED) is 0.571. The molecule has 0 fully saturated rings. The second-order valence-corrected chi connectivity index (χ2v) is 2.87. The number of carbonyl (C=O) groups excluding carboxylic acids is 2. The lowest BCUT2D eigenvalue weighted by Crippen LogP contribution is -2.16. The van der Waals surface area contributed by atoms with E-state index in [1.165, 1.54) is 12.1 Å². The lowest BCUT2D eigenvalue weighted by molar-refractivity contribution is -0.142. The van der Waals surface area contributed by atoms with Gasteiger partial charge in [0.2, 0.25) is 0 Å². The highest BCUT2D eigenvalue weighted by atomic mass is 16.5. The maximum absolute atomic E-state index is 11.2. The monoisotopic (exact) mass is 209 g/mol. The van der Waals surface area contributed by atoms with Crippen molar-refractivity contribution in [3.63, 3.8) is 0 Å². The summed E-state index contributed by atoms with van der Waals surface area (Å²) in [6.45, 7) is 2.01. The number of aldehydes is 1. The number of aromatic amines is 1. The van der Waals surface area contributed by atoms with Crippen molar-refractivity contribution in [2.45, 2.75) is 13.3 Å². The van der Waals surface area contributed by atoms with E-state index in [2.05, 4.69) is 4.98 Å². The number of pyridine rings is 1. The van der Waals surface area contributed by atoms with Crippen molar-refractivity contribution in [3.8, 4) is 0 Å². The van der Waals surface area contributed by atoms with Gasteiger partial charge in [-0.2, -0.15) is 0 Å². The fourth-order valence-electron chi connectivity index (χ4n) is 1.09. The number of aromatic nitrogens is 1. The molecule has 0 aliphatic carbocycles. The molecular weight excluding hydrogens is 198 g/mol. The SMILES string of the molecule is CCOC(=O)Cc1ccc(C=O)c(=O)[nH]1. The third-order valence-corrected chi connectivity index (χ3v) is 1.77. The van der Waals surface area contributed by atoms with Gasteiger partial charge in [-0.25, -0.2) is 0 Å². The van der Waals surface area contributed by atoms with Crippen LogP contribution in [0.5, 0.6) is 0 Å². The molecule has 0 aliphatic heterocycles. The van der Waals surface area contributed by atoms with Crippen LogP contribution < -0.4 is 5.56 Å². The van der Waals surface area contributed by atoms with Crippen molar-refractivity contribution in [1.82, 2.24) is 4.98 Å². The first-order valence-electron chi connectivity index (χ1n) is 4.50. The summed E-state index contributed by atoms with van der Waals surface area (Å²) in [7, 11) is 0. The van der Waals surface area contributed by atoms with Crippen molar-refractivity contribution in [2.24, 2.45) is 0 Å². The number of hydrogen-bond donors (Lipinski definition) is 1. The van der Waals surface area contributed by atoms with Gasteiger partial charge in [0.25, 0.3) is 5.56 Å². The van der Waals surface area contributed by atoms with Gasteiger partial charge >= 0.3 is 5.97 Å². The van der Waals surface area contributed by atoms with E-state index in [-0.39, 0.29) is 12.0 Å². The maximum atomic E-state index is 11.2. The Labute approximate surface area is 86.1 Å². The second-order valence-electron chi connectivity index (χ2n) is 2.87. The number of esters is 1. The molecule has 5 heteroatoms. The summed E-state index contributed by atoms with van der Waals surface area (Å²) in [6.07, 6.45) is 0.467. The van der Waals surface area contributed by atoms with Crippen molar-refractivity contribution in [3.05, 3.63) is 33.7 Å². The topological polar surface area (TPSA) is 76.2 Å². The van der Waals surface area contributed by atoms with Crippen LogP contribution in [-0.4, -0.2) is 23.8 Å². The summed E-state index contributed by atoms with van der Waals surface area (Å²) >= 11 is 0. The zero-order valence-corrected chi connectivity index (χ0v) is 8.28. The molecule has 15 heavy (non-hydrogen) atoms. The molecule has 0 unspecified atom stereocenters. The van der Waals surface area contributed by atoms with E-state index in [1.807, 2.05) is 0 Å². The van der Waals surface area contributed by atoms with Gasteiger partial charge in [-0.3, -0.25) is 14.4 Å². The standard InChI is InChI=1S/C10H11NO4/c1-2-15-9(13)5-8-4-3-7(6-12)10(14)11-8/h3-4,6H,2,5H2,1H3,(H,11,14). The summed E-state index contributed by atoms with van der Waals surface area (Å²) < 4.78 is 4.71. The first-order chi connectivity index (χ1) is 7.17. The highest BCUT2D eigenvalue weighted by molar-refractivity contribution is 5.75. The Bertz CT molecular complexity index is 422. The molecule has 80 valence electrons. The molecule has 0 amide bonds. The number of rotatable bonds is 4. The predicted molar refractivity (Wildman–Crippen MR) is 52.8 cm³/mol. The van der Waals surface area contributed by atoms with E-state index < -0.39 is 11.5 Å². The zero-order chi connectivity index (χ0) is 11.3. The van der Waals surface area contributed by atoms with Gasteiger partial charge in [-0.1, -0.05) is 0 Å². The van der Waals surface area contributed by atoms with E-state index in [0.717, 1.165) is 0 Å². The maximum Gasteiger partial charge on any atom is 0.311 e. The van der Waals surface area contributed by atoms with Gasteiger partial charge < -0.3 is 9.72 Å². The Balaban J connectivity index is 2.80. The molecule has 0 saturated carbocycles. The lowest BCUT2D eigenvalue weighted by Gasteiger charge is -2.01. The van der Waals surface area contributed by atoms with E-state index in [1.54, 1.807) is 6.92 Å². The minimum atomic E-state index is -0.494. The minimum Gasteiger partial charge on any atom is -0.466 e. The van der Waals surface area contributed by atoms with Gasteiger partial charge in [0, 0.05) is 5.69 Å². The zero-order valence-electron chi connectivity index (χ0n) is 8.28. The van der Waals surface area contributed by atoms with Gasteiger partial charge in [0.05, 0.1) is 18.6 Å². The molecular formula is C10H11NO4. The second kappa shape index (κ2) is 5.09. The van der Waals surface area contributed by atoms with Crippen molar-refractivity contribution < 1.29 is 14.3 Å². The largest absolute Gasteiger partial charge is 0.466 e. The minimum absolute atomic E-state index is 0.00220. The molecule has 5 nitrogen and oxygen atoms in total. The van der Waals surface area contributed by atoms with Crippen molar-refractivity contribution in [1.29, 1.82) is 0 Å². The predicted octanol–water partition coefficient (Wildman–Crippen LogP) is 0.293. The fraction of sp³-hybridized carbons (Fsp3) is 0.300. The summed E-state index contributed by atoms with van der Waals surface area (Å²) in [4.78, 5) is 35.0. The van der Waals surface area contributed by atoms with E-state index in [9.17, 15) is 14.4 Å². The Morgan fingerprint density at radius 1 is 1.53 bits per heavy atom. The summed E-state index contributed by atoms with van der Waals surface area (Å²) in [5.74, 6) is -0.410. The van der Waals surface area contributed by atoms with Crippen LogP contribution in [0.1, 0.15) is 23.0 Å². The van der Waals surface area contributed by atoms with Crippen LogP contribution in [0.2, 0.25) is 0 Å².